The Balaban J connectivity index is 1.44. The first kappa shape index (κ1) is 17.4. The highest BCUT2D eigenvalue weighted by Gasteiger charge is 2.61. The van der Waals surface area contributed by atoms with Crippen LogP contribution >= 0.6 is 0 Å². The van der Waals surface area contributed by atoms with Gasteiger partial charge in [0, 0.05) is 11.5 Å². The molecule has 1 heterocycles. The number of hydrogen-bond acceptors (Lipinski definition) is 7. The van der Waals surface area contributed by atoms with Crippen LogP contribution in [0.15, 0.2) is 33.5 Å². The van der Waals surface area contributed by atoms with E-state index in [-0.39, 0.29) is 17.3 Å². The van der Waals surface area contributed by atoms with Gasteiger partial charge >= 0.3 is 11.6 Å². The number of hydrogen-bond donors (Lipinski definition) is 1. The molecule has 28 heavy (non-hydrogen) atoms. The minimum absolute atomic E-state index is 0.129. The number of aliphatic hydroxyl groups is 1. The molecule has 2 aromatic rings. The lowest BCUT2D eigenvalue weighted by atomic mass is 9.48. The first-order valence-corrected chi connectivity index (χ1v) is 9.49. The SMILES string of the molecule is O=C([O-])c1cc2ccc(OC(=O)C34CC5CC(CC(O)(C5)C3)C4)cc2oc1=O. The van der Waals surface area contributed by atoms with Gasteiger partial charge in [-0.1, -0.05) is 0 Å². The number of ether oxygens (including phenoxy) is 1. The predicted octanol–water partition coefficient (Wildman–Crippen LogP) is 1.39. The molecule has 6 rings (SSSR count). The molecular formula is C21H19O7-. The Labute approximate surface area is 159 Å². The molecule has 4 bridgehead atoms. The van der Waals surface area contributed by atoms with Gasteiger partial charge in [-0.15, -0.1) is 0 Å². The van der Waals surface area contributed by atoms with Crippen molar-refractivity contribution < 1.29 is 29.0 Å². The quantitative estimate of drug-likeness (QED) is 0.483. The van der Waals surface area contributed by atoms with Gasteiger partial charge in [-0.25, -0.2) is 4.79 Å². The number of aromatic carboxylic acids is 1. The molecule has 4 fully saturated rings. The van der Waals surface area contributed by atoms with Crippen LogP contribution in [0.3, 0.4) is 0 Å². The Kier molecular flexibility index (Phi) is 3.53. The number of carboxylic acids is 1. The van der Waals surface area contributed by atoms with E-state index in [0.29, 0.717) is 23.6 Å². The highest BCUT2D eigenvalue weighted by atomic mass is 16.5. The van der Waals surface area contributed by atoms with Crippen molar-refractivity contribution in [2.24, 2.45) is 17.3 Å². The van der Waals surface area contributed by atoms with Crippen LogP contribution in [0, 0.1) is 17.3 Å². The van der Waals surface area contributed by atoms with E-state index in [1.807, 2.05) is 0 Å². The molecule has 4 saturated carbocycles. The van der Waals surface area contributed by atoms with Crippen molar-refractivity contribution in [3.05, 3.63) is 40.2 Å². The molecule has 1 N–H and O–H groups in total. The van der Waals surface area contributed by atoms with Crippen molar-refractivity contribution in [3.8, 4) is 5.75 Å². The fourth-order valence-corrected chi connectivity index (χ4v) is 5.97. The summed E-state index contributed by atoms with van der Waals surface area (Å²) in [6.45, 7) is 0. The van der Waals surface area contributed by atoms with Crippen molar-refractivity contribution in [3.63, 3.8) is 0 Å². The third kappa shape index (κ3) is 2.64. The molecule has 7 heteroatoms. The van der Waals surface area contributed by atoms with Crippen molar-refractivity contribution in [2.45, 2.75) is 44.1 Å². The Bertz CT molecular complexity index is 1050. The summed E-state index contributed by atoms with van der Waals surface area (Å²) < 4.78 is 10.7. The second-order valence-corrected chi connectivity index (χ2v) is 8.79. The average Bonchev–Trinajstić information content (AvgIpc) is 2.58. The zero-order valence-corrected chi connectivity index (χ0v) is 15.1. The number of carbonyl (C=O) groups is 2. The van der Waals surface area contributed by atoms with E-state index < -0.39 is 28.2 Å². The summed E-state index contributed by atoms with van der Waals surface area (Å²) in [5.74, 6) is -1.02. The van der Waals surface area contributed by atoms with E-state index >= 15 is 0 Å². The normalized spacial score (nSPS) is 33.2. The number of benzene rings is 1. The lowest BCUT2D eigenvalue weighted by Gasteiger charge is -2.58. The van der Waals surface area contributed by atoms with Crippen molar-refractivity contribution >= 4 is 22.9 Å². The van der Waals surface area contributed by atoms with Crippen LogP contribution in [0.5, 0.6) is 5.75 Å². The first-order chi connectivity index (χ1) is 13.3. The number of carboxylic acid groups (broad SMARTS) is 1. The lowest BCUT2D eigenvalue weighted by Crippen LogP contribution is -2.59. The number of esters is 1. The topological polar surface area (TPSA) is 117 Å². The van der Waals surface area contributed by atoms with Gasteiger partial charge in [-0.05, 0) is 68.6 Å². The Morgan fingerprint density at radius 1 is 1.14 bits per heavy atom. The summed E-state index contributed by atoms with van der Waals surface area (Å²) in [6, 6.07) is 5.65. The number of fused-ring (bicyclic) bond motifs is 1. The minimum Gasteiger partial charge on any atom is -0.545 e. The summed E-state index contributed by atoms with van der Waals surface area (Å²) >= 11 is 0. The third-order valence-corrected chi connectivity index (χ3v) is 6.60. The maximum atomic E-state index is 13.0. The van der Waals surface area contributed by atoms with Crippen LogP contribution in [-0.2, 0) is 4.79 Å². The van der Waals surface area contributed by atoms with Gasteiger partial charge in [0.2, 0.25) is 0 Å². The van der Waals surface area contributed by atoms with E-state index in [1.165, 1.54) is 24.3 Å². The van der Waals surface area contributed by atoms with Crippen LogP contribution in [0.1, 0.15) is 48.9 Å². The summed E-state index contributed by atoms with van der Waals surface area (Å²) in [5.41, 5.74) is -2.86. The molecule has 0 saturated heterocycles. The molecule has 4 aliphatic carbocycles. The monoisotopic (exact) mass is 383 g/mol. The molecule has 1 aromatic heterocycles. The molecule has 4 aliphatic rings. The molecular weight excluding hydrogens is 364 g/mol. The standard InChI is InChI=1S/C21H20O7/c22-17(23)15-4-13-1-2-14(5-16(13)28-18(15)24)27-19(25)20-6-11-3-12(7-20)9-21(26,8-11)10-20/h1-2,4-5,11-12,26H,3,6-10H2,(H,22,23)/p-1. The second kappa shape index (κ2) is 5.67. The minimum atomic E-state index is -1.61. The Hall–Kier alpha value is -2.67. The van der Waals surface area contributed by atoms with Gasteiger partial charge < -0.3 is 24.2 Å². The largest absolute Gasteiger partial charge is 0.545 e. The maximum Gasteiger partial charge on any atom is 0.345 e. The molecule has 1 aromatic carbocycles. The molecule has 0 radical (unpaired) electrons. The van der Waals surface area contributed by atoms with E-state index in [2.05, 4.69) is 0 Å². The average molecular weight is 383 g/mol. The predicted molar refractivity (Wildman–Crippen MR) is 94.5 cm³/mol. The third-order valence-electron chi connectivity index (χ3n) is 6.60. The van der Waals surface area contributed by atoms with Crippen LogP contribution in [0.2, 0.25) is 0 Å². The first-order valence-electron chi connectivity index (χ1n) is 9.49. The summed E-state index contributed by atoms with van der Waals surface area (Å²) in [4.78, 5) is 35.7. The van der Waals surface area contributed by atoms with E-state index in [9.17, 15) is 24.6 Å². The molecule has 2 unspecified atom stereocenters. The fourth-order valence-electron chi connectivity index (χ4n) is 5.97. The molecule has 0 aliphatic heterocycles. The van der Waals surface area contributed by atoms with Crippen molar-refractivity contribution in [1.29, 1.82) is 0 Å². The van der Waals surface area contributed by atoms with Crippen LogP contribution in [-0.4, -0.2) is 22.6 Å². The fraction of sp³-hybridized carbons (Fsp3) is 0.476. The van der Waals surface area contributed by atoms with Crippen LogP contribution < -0.4 is 15.5 Å². The van der Waals surface area contributed by atoms with Gasteiger partial charge in [0.15, 0.2) is 0 Å². The highest BCUT2D eigenvalue weighted by molar-refractivity contribution is 5.90. The summed E-state index contributed by atoms with van der Waals surface area (Å²) in [7, 11) is 0. The lowest BCUT2D eigenvalue weighted by molar-refractivity contribution is -0.255. The molecule has 0 amide bonds. The smallest absolute Gasteiger partial charge is 0.345 e. The van der Waals surface area contributed by atoms with Gasteiger partial charge in [0.25, 0.3) is 0 Å². The highest BCUT2D eigenvalue weighted by Crippen LogP contribution is 2.61. The second-order valence-electron chi connectivity index (χ2n) is 8.79. The van der Waals surface area contributed by atoms with Gasteiger partial charge in [-0.2, -0.15) is 0 Å². The van der Waals surface area contributed by atoms with Crippen molar-refractivity contribution in [1.82, 2.24) is 0 Å². The molecule has 2 atom stereocenters. The van der Waals surface area contributed by atoms with Gasteiger partial charge in [-0.3, -0.25) is 4.79 Å². The summed E-state index contributed by atoms with van der Waals surface area (Å²) in [6.07, 6.45) is 4.51. The maximum absolute atomic E-state index is 13.0. The molecule has 0 spiro atoms. The summed E-state index contributed by atoms with van der Waals surface area (Å²) in [5, 5.41) is 22.2. The molecule has 146 valence electrons. The zero-order valence-electron chi connectivity index (χ0n) is 15.1. The van der Waals surface area contributed by atoms with Crippen molar-refractivity contribution in [2.75, 3.05) is 0 Å². The molecule has 7 nitrogen and oxygen atoms in total. The number of rotatable bonds is 3. The van der Waals surface area contributed by atoms with E-state index in [1.54, 1.807) is 0 Å². The Morgan fingerprint density at radius 3 is 2.50 bits per heavy atom. The van der Waals surface area contributed by atoms with Crippen LogP contribution in [0.25, 0.3) is 11.0 Å². The van der Waals surface area contributed by atoms with E-state index in [4.69, 9.17) is 9.15 Å². The van der Waals surface area contributed by atoms with E-state index in [0.717, 1.165) is 32.1 Å². The van der Waals surface area contributed by atoms with Gasteiger partial charge in [0.05, 0.1) is 22.5 Å². The Morgan fingerprint density at radius 2 is 1.86 bits per heavy atom. The van der Waals surface area contributed by atoms with Crippen LogP contribution in [0.4, 0.5) is 0 Å². The number of carbonyl (C=O) groups excluding carboxylic acids is 2. The zero-order chi connectivity index (χ0) is 19.7. The van der Waals surface area contributed by atoms with Gasteiger partial charge in [0.1, 0.15) is 11.3 Å².